The van der Waals surface area contributed by atoms with Gasteiger partial charge in [-0.1, -0.05) is 0 Å². The van der Waals surface area contributed by atoms with Crippen LogP contribution in [0.15, 0.2) is 0 Å². The van der Waals surface area contributed by atoms with E-state index in [2.05, 4.69) is 4.90 Å². The van der Waals surface area contributed by atoms with E-state index in [0.717, 1.165) is 18.1 Å². The van der Waals surface area contributed by atoms with Crippen LogP contribution in [-0.4, -0.2) is 47.1 Å². The third kappa shape index (κ3) is 3.11. The molecular weight excluding hydrogens is 210 g/mol. The molecule has 1 aliphatic heterocycles. The molecule has 0 aromatic carbocycles. The van der Waals surface area contributed by atoms with E-state index in [1.807, 2.05) is 46.5 Å². The van der Waals surface area contributed by atoms with Gasteiger partial charge in [-0.15, -0.1) is 0 Å². The second-order valence-corrected chi connectivity index (χ2v) is 6.36. The van der Waals surface area contributed by atoms with Gasteiger partial charge in [0.25, 0.3) is 0 Å². The molecule has 1 fully saturated rings. The van der Waals surface area contributed by atoms with Crippen LogP contribution < -0.4 is 0 Å². The predicted octanol–water partition coefficient (Wildman–Crippen LogP) is 1.77. The zero-order valence-electron chi connectivity index (χ0n) is 10.3. The summed E-state index contributed by atoms with van der Waals surface area (Å²) in [5, 5.41) is 0. The van der Waals surface area contributed by atoms with Crippen LogP contribution in [0, 0.1) is 0 Å². The zero-order valence-corrected chi connectivity index (χ0v) is 11.1. The first-order valence-electron chi connectivity index (χ1n) is 5.28. The number of rotatable bonds is 1. The molecule has 1 rings (SSSR count). The van der Waals surface area contributed by atoms with Crippen molar-refractivity contribution in [2.75, 3.05) is 25.1 Å². The van der Waals surface area contributed by atoms with Crippen molar-refractivity contribution in [1.82, 2.24) is 4.90 Å². The normalized spacial score (nSPS) is 28.9. The van der Waals surface area contributed by atoms with Gasteiger partial charge in [-0.3, -0.25) is 4.90 Å². The summed E-state index contributed by atoms with van der Waals surface area (Å²) in [5.41, 5.74) is -0.862. The summed E-state index contributed by atoms with van der Waals surface area (Å²) in [6, 6.07) is 0. The lowest BCUT2D eigenvalue weighted by atomic mass is 10.0. The Morgan fingerprint density at radius 1 is 1.47 bits per heavy atom. The topological polar surface area (TPSA) is 29.5 Å². The van der Waals surface area contributed by atoms with E-state index in [4.69, 9.17) is 4.74 Å². The van der Waals surface area contributed by atoms with Crippen molar-refractivity contribution in [3.8, 4) is 0 Å². The molecule has 0 spiro atoms. The van der Waals surface area contributed by atoms with Crippen molar-refractivity contribution in [2.45, 2.75) is 38.8 Å². The summed E-state index contributed by atoms with van der Waals surface area (Å²) in [6.07, 6.45) is 0. The van der Waals surface area contributed by atoms with Crippen molar-refractivity contribution in [1.29, 1.82) is 0 Å². The van der Waals surface area contributed by atoms with Crippen molar-refractivity contribution in [3.05, 3.63) is 0 Å². The highest BCUT2D eigenvalue weighted by Gasteiger charge is 2.42. The predicted molar refractivity (Wildman–Crippen MR) is 64.2 cm³/mol. The molecule has 0 saturated carbocycles. The van der Waals surface area contributed by atoms with E-state index in [-0.39, 0.29) is 5.97 Å². The van der Waals surface area contributed by atoms with E-state index >= 15 is 0 Å². The first-order valence-corrected chi connectivity index (χ1v) is 6.44. The lowest BCUT2D eigenvalue weighted by Crippen LogP contribution is -2.57. The smallest absolute Gasteiger partial charge is 0.327 e. The number of thioether (sulfide) groups is 1. The highest BCUT2D eigenvalue weighted by atomic mass is 32.2. The maximum Gasteiger partial charge on any atom is 0.327 e. The van der Waals surface area contributed by atoms with E-state index in [9.17, 15) is 4.79 Å². The second kappa shape index (κ2) is 4.34. The van der Waals surface area contributed by atoms with Crippen LogP contribution in [0.5, 0.6) is 0 Å². The zero-order chi connectivity index (χ0) is 11.7. The van der Waals surface area contributed by atoms with Crippen LogP contribution in [0.2, 0.25) is 0 Å². The largest absolute Gasteiger partial charge is 0.459 e. The molecule has 0 amide bonds. The van der Waals surface area contributed by atoms with E-state index in [0.29, 0.717) is 0 Å². The third-order valence-electron chi connectivity index (χ3n) is 2.64. The number of hydrogen-bond donors (Lipinski definition) is 0. The standard InChI is InChI=1S/C11H21NO2S/c1-10(2,3)14-9(13)11(4)8-15-7-6-12(11)5/h6-8H2,1-5H3. The van der Waals surface area contributed by atoms with Crippen LogP contribution in [-0.2, 0) is 9.53 Å². The molecule has 3 nitrogen and oxygen atoms in total. The summed E-state index contributed by atoms with van der Waals surface area (Å²) in [7, 11) is 1.99. The molecule has 1 aliphatic rings. The van der Waals surface area contributed by atoms with Gasteiger partial charge in [0, 0.05) is 18.1 Å². The van der Waals surface area contributed by atoms with Crippen LogP contribution in [0.3, 0.4) is 0 Å². The third-order valence-corrected chi connectivity index (χ3v) is 3.87. The molecule has 1 heterocycles. The Hall–Kier alpha value is -0.220. The Balaban J connectivity index is 2.71. The molecule has 0 radical (unpaired) electrons. The molecule has 15 heavy (non-hydrogen) atoms. The van der Waals surface area contributed by atoms with Crippen LogP contribution in [0.1, 0.15) is 27.7 Å². The molecule has 0 N–H and O–H groups in total. The van der Waals surface area contributed by atoms with E-state index in [1.54, 1.807) is 0 Å². The van der Waals surface area contributed by atoms with Gasteiger partial charge in [-0.25, -0.2) is 4.79 Å². The number of esters is 1. The number of likely N-dealkylation sites (N-methyl/N-ethyl adjacent to an activating group) is 1. The number of hydrogen-bond acceptors (Lipinski definition) is 4. The van der Waals surface area contributed by atoms with Gasteiger partial charge in [-0.05, 0) is 34.7 Å². The van der Waals surface area contributed by atoms with Gasteiger partial charge in [0.15, 0.2) is 0 Å². The van der Waals surface area contributed by atoms with E-state index < -0.39 is 11.1 Å². The molecule has 0 bridgehead atoms. The second-order valence-electron chi connectivity index (χ2n) is 5.25. The summed E-state index contributed by atoms with van der Waals surface area (Å²) in [5.74, 6) is 1.80. The summed E-state index contributed by atoms with van der Waals surface area (Å²) >= 11 is 1.82. The first kappa shape index (κ1) is 12.8. The molecular formula is C11H21NO2S. The highest BCUT2D eigenvalue weighted by Crippen LogP contribution is 2.27. The maximum absolute atomic E-state index is 12.1. The number of nitrogens with zero attached hydrogens (tertiary/aromatic N) is 1. The summed E-state index contributed by atoms with van der Waals surface area (Å²) in [6.45, 7) is 8.63. The van der Waals surface area contributed by atoms with Crippen molar-refractivity contribution >= 4 is 17.7 Å². The molecule has 0 aromatic heterocycles. The van der Waals surface area contributed by atoms with Gasteiger partial charge < -0.3 is 4.74 Å². The average Bonchev–Trinajstić information content (AvgIpc) is 2.07. The number of carbonyl (C=O) groups is 1. The molecule has 1 saturated heterocycles. The monoisotopic (exact) mass is 231 g/mol. The fraction of sp³-hybridized carbons (Fsp3) is 0.909. The lowest BCUT2D eigenvalue weighted by Gasteiger charge is -2.41. The molecule has 0 aliphatic carbocycles. The van der Waals surface area contributed by atoms with Gasteiger partial charge in [0.2, 0.25) is 0 Å². The maximum atomic E-state index is 12.1. The molecule has 1 atom stereocenters. The fourth-order valence-corrected chi connectivity index (χ4v) is 2.72. The van der Waals surface area contributed by atoms with Gasteiger partial charge in [0.1, 0.15) is 11.1 Å². The minimum atomic E-state index is -0.462. The Bertz CT molecular complexity index is 249. The average molecular weight is 231 g/mol. The number of carbonyl (C=O) groups excluding carboxylic acids is 1. The van der Waals surface area contributed by atoms with Crippen molar-refractivity contribution in [3.63, 3.8) is 0 Å². The molecule has 1 unspecified atom stereocenters. The first-order chi connectivity index (χ1) is 6.76. The highest BCUT2D eigenvalue weighted by molar-refractivity contribution is 7.99. The Labute approximate surface area is 96.5 Å². The number of ether oxygens (including phenoxy) is 1. The SMILES string of the molecule is CN1CCSCC1(C)C(=O)OC(C)(C)C. The fourth-order valence-electron chi connectivity index (χ4n) is 1.43. The van der Waals surface area contributed by atoms with Gasteiger partial charge >= 0.3 is 5.97 Å². The summed E-state index contributed by atoms with van der Waals surface area (Å²) in [4.78, 5) is 14.2. The summed E-state index contributed by atoms with van der Waals surface area (Å²) < 4.78 is 5.46. The molecule has 0 aromatic rings. The van der Waals surface area contributed by atoms with Crippen molar-refractivity contribution in [2.24, 2.45) is 0 Å². The Morgan fingerprint density at radius 2 is 2.07 bits per heavy atom. The van der Waals surface area contributed by atoms with Gasteiger partial charge in [0.05, 0.1) is 0 Å². The minimum Gasteiger partial charge on any atom is -0.459 e. The quantitative estimate of drug-likeness (QED) is 0.643. The van der Waals surface area contributed by atoms with Crippen LogP contribution in [0.4, 0.5) is 0 Å². The Morgan fingerprint density at radius 3 is 2.53 bits per heavy atom. The molecule has 88 valence electrons. The van der Waals surface area contributed by atoms with E-state index in [1.165, 1.54) is 0 Å². The van der Waals surface area contributed by atoms with Crippen LogP contribution in [0.25, 0.3) is 0 Å². The molecule has 4 heteroatoms. The van der Waals surface area contributed by atoms with Crippen molar-refractivity contribution < 1.29 is 9.53 Å². The van der Waals surface area contributed by atoms with Gasteiger partial charge in [-0.2, -0.15) is 11.8 Å². The van der Waals surface area contributed by atoms with Crippen LogP contribution >= 0.6 is 11.8 Å². The lowest BCUT2D eigenvalue weighted by molar-refractivity contribution is -0.166. The minimum absolute atomic E-state index is 0.107. The Kier molecular flexibility index (Phi) is 3.71.